The fourth-order valence-electron chi connectivity index (χ4n) is 2.67. The standard InChI is InChI=1S/C20H16BrCl2N3O3/c1-11-17(19(26-29-11)18-14(22)3-2-4-15(18)23)20(28)24-10-9-16(27)25-13-7-5-12(21)6-8-13/h2-8H,9-10H2,1H3,(H,24,28)(H,25,27). The minimum absolute atomic E-state index is 0.105. The Kier molecular flexibility index (Phi) is 6.95. The van der Waals surface area contributed by atoms with E-state index in [-0.39, 0.29) is 30.1 Å². The van der Waals surface area contributed by atoms with Crippen molar-refractivity contribution >= 4 is 56.6 Å². The summed E-state index contributed by atoms with van der Waals surface area (Å²) < 4.78 is 6.10. The molecule has 3 aromatic rings. The smallest absolute Gasteiger partial charge is 0.257 e. The second kappa shape index (κ2) is 9.43. The molecule has 0 radical (unpaired) electrons. The van der Waals surface area contributed by atoms with Crippen molar-refractivity contribution in [1.82, 2.24) is 10.5 Å². The number of hydrogen-bond donors (Lipinski definition) is 2. The van der Waals surface area contributed by atoms with Gasteiger partial charge < -0.3 is 15.2 Å². The fourth-order valence-corrected chi connectivity index (χ4v) is 3.51. The third-order valence-electron chi connectivity index (χ3n) is 4.05. The maximum Gasteiger partial charge on any atom is 0.257 e. The minimum Gasteiger partial charge on any atom is -0.360 e. The van der Waals surface area contributed by atoms with Crippen LogP contribution in [0.3, 0.4) is 0 Å². The van der Waals surface area contributed by atoms with E-state index in [0.29, 0.717) is 27.1 Å². The van der Waals surface area contributed by atoms with E-state index in [1.54, 1.807) is 37.3 Å². The van der Waals surface area contributed by atoms with Crippen LogP contribution in [0.15, 0.2) is 51.5 Å². The Bertz CT molecular complexity index is 1030. The highest BCUT2D eigenvalue weighted by atomic mass is 79.9. The van der Waals surface area contributed by atoms with Crippen molar-refractivity contribution in [2.45, 2.75) is 13.3 Å². The quantitative estimate of drug-likeness (QED) is 0.473. The van der Waals surface area contributed by atoms with Crippen molar-refractivity contribution in [2.75, 3.05) is 11.9 Å². The first-order valence-electron chi connectivity index (χ1n) is 8.61. The second-order valence-electron chi connectivity index (χ2n) is 6.12. The topological polar surface area (TPSA) is 84.2 Å². The predicted octanol–water partition coefficient (Wildman–Crippen LogP) is 5.48. The molecule has 1 heterocycles. The van der Waals surface area contributed by atoms with Crippen LogP contribution in [0, 0.1) is 6.92 Å². The lowest BCUT2D eigenvalue weighted by Gasteiger charge is -2.08. The number of benzene rings is 2. The summed E-state index contributed by atoms with van der Waals surface area (Å²) in [4.78, 5) is 24.8. The van der Waals surface area contributed by atoms with E-state index in [1.807, 2.05) is 12.1 Å². The van der Waals surface area contributed by atoms with E-state index in [9.17, 15) is 9.59 Å². The van der Waals surface area contributed by atoms with Crippen molar-refractivity contribution in [3.8, 4) is 11.3 Å². The minimum atomic E-state index is -0.425. The van der Waals surface area contributed by atoms with Gasteiger partial charge in [-0.05, 0) is 43.3 Å². The molecule has 0 atom stereocenters. The molecule has 29 heavy (non-hydrogen) atoms. The molecular weight excluding hydrogens is 481 g/mol. The lowest BCUT2D eigenvalue weighted by atomic mass is 10.1. The summed E-state index contributed by atoms with van der Waals surface area (Å²) in [5.41, 5.74) is 1.59. The highest BCUT2D eigenvalue weighted by Crippen LogP contribution is 2.36. The number of carbonyl (C=O) groups is 2. The number of carbonyl (C=O) groups excluding carboxylic acids is 2. The molecule has 2 N–H and O–H groups in total. The molecule has 0 aliphatic rings. The van der Waals surface area contributed by atoms with E-state index in [2.05, 4.69) is 31.7 Å². The normalized spacial score (nSPS) is 10.6. The Balaban J connectivity index is 1.65. The van der Waals surface area contributed by atoms with Crippen LogP contribution in [-0.2, 0) is 4.79 Å². The summed E-state index contributed by atoms with van der Waals surface area (Å²) in [6.07, 6.45) is 0.105. The summed E-state index contributed by atoms with van der Waals surface area (Å²) in [5.74, 6) is -0.317. The molecule has 0 aliphatic carbocycles. The molecule has 0 saturated heterocycles. The molecule has 1 aromatic heterocycles. The SMILES string of the molecule is Cc1onc(-c2c(Cl)cccc2Cl)c1C(=O)NCCC(=O)Nc1ccc(Br)cc1. The van der Waals surface area contributed by atoms with Gasteiger partial charge in [0.05, 0.1) is 10.0 Å². The number of amides is 2. The van der Waals surface area contributed by atoms with E-state index >= 15 is 0 Å². The molecule has 2 amide bonds. The van der Waals surface area contributed by atoms with Gasteiger partial charge in [0.1, 0.15) is 17.0 Å². The highest BCUT2D eigenvalue weighted by molar-refractivity contribution is 9.10. The average molecular weight is 497 g/mol. The molecule has 3 rings (SSSR count). The van der Waals surface area contributed by atoms with Crippen molar-refractivity contribution in [3.63, 3.8) is 0 Å². The zero-order valence-corrected chi connectivity index (χ0v) is 18.4. The second-order valence-corrected chi connectivity index (χ2v) is 7.85. The number of rotatable bonds is 6. The molecule has 150 valence electrons. The van der Waals surface area contributed by atoms with Gasteiger partial charge in [0.2, 0.25) is 5.91 Å². The van der Waals surface area contributed by atoms with E-state index < -0.39 is 5.91 Å². The van der Waals surface area contributed by atoms with Gasteiger partial charge in [-0.3, -0.25) is 9.59 Å². The summed E-state index contributed by atoms with van der Waals surface area (Å²) >= 11 is 15.8. The summed E-state index contributed by atoms with van der Waals surface area (Å²) in [5, 5.41) is 10.1. The third kappa shape index (κ3) is 5.18. The summed E-state index contributed by atoms with van der Waals surface area (Å²) in [6.45, 7) is 1.76. The lowest BCUT2D eigenvalue weighted by molar-refractivity contribution is -0.116. The van der Waals surface area contributed by atoms with Crippen molar-refractivity contribution in [3.05, 3.63) is 68.3 Å². The van der Waals surface area contributed by atoms with Gasteiger partial charge >= 0.3 is 0 Å². The number of aromatic nitrogens is 1. The Morgan fingerprint density at radius 3 is 2.41 bits per heavy atom. The Hall–Kier alpha value is -2.35. The first-order valence-corrected chi connectivity index (χ1v) is 10.2. The van der Waals surface area contributed by atoms with Gasteiger partial charge in [-0.15, -0.1) is 0 Å². The lowest BCUT2D eigenvalue weighted by Crippen LogP contribution is -2.28. The molecule has 0 bridgehead atoms. The fraction of sp³-hybridized carbons (Fsp3) is 0.150. The highest BCUT2D eigenvalue weighted by Gasteiger charge is 2.24. The first-order chi connectivity index (χ1) is 13.9. The third-order valence-corrected chi connectivity index (χ3v) is 5.21. The number of hydrogen-bond acceptors (Lipinski definition) is 4. The summed E-state index contributed by atoms with van der Waals surface area (Å²) in [6, 6.07) is 12.2. The predicted molar refractivity (Wildman–Crippen MR) is 116 cm³/mol. The van der Waals surface area contributed by atoms with Crippen LogP contribution in [0.1, 0.15) is 22.5 Å². The monoisotopic (exact) mass is 495 g/mol. The van der Waals surface area contributed by atoms with Gasteiger partial charge in [-0.1, -0.05) is 50.4 Å². The Morgan fingerprint density at radius 1 is 1.10 bits per heavy atom. The summed E-state index contributed by atoms with van der Waals surface area (Å²) in [7, 11) is 0. The molecule has 9 heteroatoms. The van der Waals surface area contributed by atoms with Gasteiger partial charge in [-0.25, -0.2) is 0 Å². The Labute approximate surface area is 185 Å². The molecule has 0 unspecified atom stereocenters. The molecule has 0 aliphatic heterocycles. The molecule has 0 fully saturated rings. The van der Waals surface area contributed by atoms with Gasteiger partial charge in [0.15, 0.2) is 0 Å². The van der Waals surface area contributed by atoms with Crippen molar-refractivity contribution in [1.29, 1.82) is 0 Å². The maximum atomic E-state index is 12.7. The number of halogens is 3. The molecule has 2 aromatic carbocycles. The van der Waals surface area contributed by atoms with Crippen LogP contribution in [0.4, 0.5) is 5.69 Å². The first kappa shape index (κ1) is 21.4. The number of aryl methyl sites for hydroxylation is 1. The van der Waals surface area contributed by atoms with Crippen molar-refractivity contribution in [2.24, 2.45) is 0 Å². The number of nitrogens with zero attached hydrogens (tertiary/aromatic N) is 1. The largest absolute Gasteiger partial charge is 0.360 e. The van der Waals surface area contributed by atoms with E-state index in [0.717, 1.165) is 4.47 Å². The van der Waals surface area contributed by atoms with Crippen LogP contribution >= 0.6 is 39.1 Å². The van der Waals surface area contributed by atoms with Crippen LogP contribution in [0.25, 0.3) is 11.3 Å². The van der Waals surface area contributed by atoms with Crippen LogP contribution in [-0.4, -0.2) is 23.5 Å². The average Bonchev–Trinajstić information content (AvgIpc) is 3.04. The zero-order chi connectivity index (χ0) is 21.0. The number of nitrogens with one attached hydrogen (secondary N) is 2. The molecular formula is C20H16BrCl2N3O3. The van der Waals surface area contributed by atoms with E-state index in [4.69, 9.17) is 27.7 Å². The van der Waals surface area contributed by atoms with Crippen LogP contribution in [0.2, 0.25) is 10.0 Å². The van der Waals surface area contributed by atoms with Crippen LogP contribution in [0.5, 0.6) is 0 Å². The van der Waals surface area contributed by atoms with Gasteiger partial charge in [-0.2, -0.15) is 0 Å². The van der Waals surface area contributed by atoms with E-state index in [1.165, 1.54) is 0 Å². The van der Waals surface area contributed by atoms with Crippen LogP contribution < -0.4 is 10.6 Å². The Morgan fingerprint density at radius 2 is 1.76 bits per heavy atom. The molecule has 0 spiro atoms. The maximum absolute atomic E-state index is 12.7. The van der Waals surface area contributed by atoms with Crippen molar-refractivity contribution < 1.29 is 14.1 Å². The molecule has 0 saturated carbocycles. The zero-order valence-electron chi connectivity index (χ0n) is 15.3. The molecule has 6 nitrogen and oxygen atoms in total. The van der Waals surface area contributed by atoms with Gasteiger partial charge in [0.25, 0.3) is 5.91 Å². The van der Waals surface area contributed by atoms with Gasteiger partial charge in [0, 0.05) is 28.7 Å². The number of anilines is 1.